The lowest BCUT2D eigenvalue weighted by Crippen LogP contribution is -2.01. The van der Waals surface area contributed by atoms with Gasteiger partial charge < -0.3 is 0 Å². The van der Waals surface area contributed by atoms with Crippen molar-refractivity contribution in [1.29, 1.82) is 0 Å². The Morgan fingerprint density at radius 3 is 2.82 bits per heavy atom. The Morgan fingerprint density at radius 1 is 1.18 bits per heavy atom. The molecule has 1 nitrogen and oxygen atoms in total. The van der Waals surface area contributed by atoms with Crippen molar-refractivity contribution in [3.63, 3.8) is 0 Å². The minimum atomic E-state index is 0. The van der Waals surface area contributed by atoms with Gasteiger partial charge in [-0.2, -0.15) is 0 Å². The summed E-state index contributed by atoms with van der Waals surface area (Å²) in [5.41, 5.74) is 2.71. The van der Waals surface area contributed by atoms with Crippen molar-refractivity contribution in [2.75, 3.05) is 6.54 Å². The number of rotatable bonds is 0. The van der Waals surface area contributed by atoms with E-state index in [1.54, 1.807) is 0 Å². The van der Waals surface area contributed by atoms with Crippen LogP contribution in [-0.4, -0.2) is 12.8 Å². The average molecular weight is 259 g/mol. The molecule has 0 N–H and O–H groups in total. The highest BCUT2D eigenvalue weighted by Gasteiger charge is 2.01. The van der Waals surface area contributed by atoms with Gasteiger partial charge in [-0.3, -0.25) is 4.99 Å². The Hall–Kier alpha value is -0.380. The van der Waals surface area contributed by atoms with Gasteiger partial charge in [0.05, 0.1) is 0 Å². The highest BCUT2D eigenvalue weighted by atomic mass is 127. The number of benzene rings is 1. The molecule has 0 radical (unpaired) electrons. The molecule has 0 aromatic heterocycles. The second kappa shape index (κ2) is 3.85. The zero-order chi connectivity index (χ0) is 6.81. The molecule has 1 aromatic carbocycles. The summed E-state index contributed by atoms with van der Waals surface area (Å²) >= 11 is 0. The van der Waals surface area contributed by atoms with E-state index in [-0.39, 0.29) is 24.0 Å². The highest BCUT2D eigenvalue weighted by molar-refractivity contribution is 14.0. The molecular weight excluding hydrogens is 249 g/mol. The van der Waals surface area contributed by atoms with Gasteiger partial charge in [-0.15, -0.1) is 24.0 Å². The van der Waals surface area contributed by atoms with Crippen molar-refractivity contribution in [3.8, 4) is 0 Å². The summed E-state index contributed by atoms with van der Waals surface area (Å²) in [5, 5.41) is 0. The fourth-order valence-corrected chi connectivity index (χ4v) is 1.24. The van der Waals surface area contributed by atoms with Crippen molar-refractivity contribution in [2.45, 2.75) is 6.42 Å². The SMILES string of the molecule is C1=NCCc2ccccc21.I. The van der Waals surface area contributed by atoms with Crippen LogP contribution in [0.4, 0.5) is 0 Å². The summed E-state index contributed by atoms with van der Waals surface area (Å²) in [6.07, 6.45) is 3.06. The standard InChI is InChI=1S/C9H9N.HI/c1-2-4-9-7-10-6-5-8(9)3-1;/h1-4,7H,5-6H2;1H. The third-order valence-corrected chi connectivity index (χ3v) is 1.80. The van der Waals surface area contributed by atoms with Gasteiger partial charge in [0.25, 0.3) is 0 Å². The van der Waals surface area contributed by atoms with E-state index >= 15 is 0 Å². The second-order valence-electron chi connectivity index (χ2n) is 2.48. The minimum Gasteiger partial charge on any atom is -0.292 e. The maximum Gasteiger partial charge on any atom is 0.0430 e. The summed E-state index contributed by atoms with van der Waals surface area (Å²) < 4.78 is 0. The van der Waals surface area contributed by atoms with Crippen LogP contribution in [0.15, 0.2) is 29.3 Å². The van der Waals surface area contributed by atoms with Crippen molar-refractivity contribution < 1.29 is 0 Å². The van der Waals surface area contributed by atoms with Gasteiger partial charge in [0.1, 0.15) is 0 Å². The van der Waals surface area contributed by atoms with Crippen LogP contribution >= 0.6 is 24.0 Å². The van der Waals surface area contributed by atoms with Crippen LogP contribution < -0.4 is 0 Å². The lowest BCUT2D eigenvalue weighted by atomic mass is 10.0. The molecule has 0 saturated carbocycles. The molecule has 11 heavy (non-hydrogen) atoms. The van der Waals surface area contributed by atoms with Crippen LogP contribution in [0.25, 0.3) is 0 Å². The number of hydrogen-bond acceptors (Lipinski definition) is 1. The van der Waals surface area contributed by atoms with Gasteiger partial charge >= 0.3 is 0 Å². The lowest BCUT2D eigenvalue weighted by Gasteiger charge is -2.07. The number of hydrogen-bond donors (Lipinski definition) is 0. The minimum absolute atomic E-state index is 0. The molecule has 1 aliphatic heterocycles. The van der Waals surface area contributed by atoms with Gasteiger partial charge in [0, 0.05) is 12.8 Å². The maximum absolute atomic E-state index is 4.19. The summed E-state index contributed by atoms with van der Waals surface area (Å²) in [6.45, 7) is 0.955. The van der Waals surface area contributed by atoms with Crippen molar-refractivity contribution in [1.82, 2.24) is 0 Å². The fraction of sp³-hybridized carbons (Fsp3) is 0.222. The van der Waals surface area contributed by atoms with E-state index in [9.17, 15) is 0 Å². The average Bonchev–Trinajstić information content (AvgIpc) is 2.05. The largest absolute Gasteiger partial charge is 0.292 e. The first-order valence-corrected chi connectivity index (χ1v) is 3.54. The zero-order valence-electron chi connectivity index (χ0n) is 6.16. The molecule has 0 fully saturated rings. The van der Waals surface area contributed by atoms with Crippen LogP contribution in [0.3, 0.4) is 0 Å². The Kier molecular flexibility index (Phi) is 3.05. The lowest BCUT2D eigenvalue weighted by molar-refractivity contribution is 0.952. The number of nitrogens with zero attached hydrogens (tertiary/aromatic N) is 1. The van der Waals surface area contributed by atoms with Gasteiger partial charge in [-0.1, -0.05) is 24.3 Å². The molecule has 58 valence electrons. The van der Waals surface area contributed by atoms with Crippen LogP contribution in [0, 0.1) is 0 Å². The van der Waals surface area contributed by atoms with Crippen LogP contribution in [-0.2, 0) is 6.42 Å². The van der Waals surface area contributed by atoms with E-state index in [4.69, 9.17) is 0 Å². The van der Waals surface area contributed by atoms with E-state index in [1.165, 1.54) is 11.1 Å². The molecule has 0 bridgehead atoms. The molecule has 0 unspecified atom stereocenters. The summed E-state index contributed by atoms with van der Waals surface area (Å²) in [5.74, 6) is 0. The smallest absolute Gasteiger partial charge is 0.0430 e. The molecule has 2 rings (SSSR count). The molecule has 0 aliphatic carbocycles. The summed E-state index contributed by atoms with van der Waals surface area (Å²) in [7, 11) is 0. The Labute approximate surface area is 83.6 Å². The number of fused-ring (bicyclic) bond motifs is 1. The monoisotopic (exact) mass is 259 g/mol. The quantitative estimate of drug-likeness (QED) is 0.634. The predicted molar refractivity (Wildman–Crippen MR) is 58.0 cm³/mol. The molecule has 1 heterocycles. The number of aliphatic imine (C=N–C) groups is 1. The highest BCUT2D eigenvalue weighted by Crippen LogP contribution is 2.10. The van der Waals surface area contributed by atoms with Crippen molar-refractivity contribution in [2.24, 2.45) is 4.99 Å². The maximum atomic E-state index is 4.19. The van der Waals surface area contributed by atoms with E-state index in [0.29, 0.717) is 0 Å². The second-order valence-corrected chi connectivity index (χ2v) is 2.48. The molecule has 0 atom stereocenters. The molecule has 0 saturated heterocycles. The third kappa shape index (κ3) is 1.80. The fourth-order valence-electron chi connectivity index (χ4n) is 1.24. The Bertz CT molecular complexity index is 268. The van der Waals surface area contributed by atoms with Crippen LogP contribution in [0.2, 0.25) is 0 Å². The first kappa shape index (κ1) is 8.71. The van der Waals surface area contributed by atoms with E-state index in [1.807, 2.05) is 6.21 Å². The molecule has 0 amide bonds. The van der Waals surface area contributed by atoms with Gasteiger partial charge in [-0.05, 0) is 17.5 Å². The first-order valence-electron chi connectivity index (χ1n) is 3.54. The molecule has 0 spiro atoms. The van der Waals surface area contributed by atoms with Crippen molar-refractivity contribution in [3.05, 3.63) is 35.4 Å². The number of halogens is 1. The Morgan fingerprint density at radius 2 is 2.00 bits per heavy atom. The normalized spacial score (nSPS) is 13.5. The predicted octanol–water partition coefficient (Wildman–Crippen LogP) is 2.28. The molecule has 1 aliphatic rings. The van der Waals surface area contributed by atoms with E-state index in [0.717, 1.165) is 13.0 Å². The van der Waals surface area contributed by atoms with Crippen molar-refractivity contribution >= 4 is 30.2 Å². The first-order chi connectivity index (χ1) is 4.97. The van der Waals surface area contributed by atoms with Crippen LogP contribution in [0.5, 0.6) is 0 Å². The topological polar surface area (TPSA) is 12.4 Å². The summed E-state index contributed by atoms with van der Waals surface area (Å²) in [4.78, 5) is 4.19. The van der Waals surface area contributed by atoms with Gasteiger partial charge in [0.15, 0.2) is 0 Å². The molecular formula is C9H10IN. The summed E-state index contributed by atoms with van der Waals surface area (Å²) in [6, 6.07) is 8.41. The Balaban J connectivity index is 0.000000605. The third-order valence-electron chi connectivity index (χ3n) is 1.80. The molecule has 1 aromatic rings. The van der Waals surface area contributed by atoms with Gasteiger partial charge in [-0.25, -0.2) is 0 Å². The van der Waals surface area contributed by atoms with Crippen LogP contribution in [0.1, 0.15) is 11.1 Å². The van der Waals surface area contributed by atoms with E-state index in [2.05, 4.69) is 29.3 Å². The van der Waals surface area contributed by atoms with Gasteiger partial charge in [0.2, 0.25) is 0 Å². The van der Waals surface area contributed by atoms with E-state index < -0.39 is 0 Å². The molecule has 2 heteroatoms. The zero-order valence-corrected chi connectivity index (χ0v) is 8.49.